The monoisotopic (exact) mass is 377 g/mol. The number of carbonyl (C=O) groups is 1. The number of aromatic nitrogens is 3. The second kappa shape index (κ2) is 6.60. The van der Waals surface area contributed by atoms with Crippen molar-refractivity contribution in [3.8, 4) is 11.1 Å². The average Bonchev–Trinajstić information content (AvgIpc) is 3.23. The Bertz CT molecular complexity index is 1020. The number of benzene rings is 1. The van der Waals surface area contributed by atoms with E-state index in [1.807, 2.05) is 41.3 Å². The third kappa shape index (κ3) is 3.01. The average molecular weight is 377 g/mol. The van der Waals surface area contributed by atoms with Crippen molar-refractivity contribution in [1.82, 2.24) is 24.4 Å². The number of fused-ring (bicyclic) bond motifs is 1. The Hall–Kier alpha value is -2.93. The summed E-state index contributed by atoms with van der Waals surface area (Å²) in [6.07, 6.45) is 7.58. The number of likely N-dealkylation sites (N-methyl/N-ethyl adjacent to an activating group) is 1. The minimum atomic E-state index is -0.367. The SMILES string of the molecule is CN1C[C@]2(CCCN(Cc3cnc4c(-c5ccccc5)cnn4c3)C2)OC1=O. The van der Waals surface area contributed by atoms with Crippen molar-refractivity contribution in [2.24, 2.45) is 0 Å². The number of amides is 1. The van der Waals surface area contributed by atoms with Gasteiger partial charge in [0, 0.05) is 43.7 Å². The largest absolute Gasteiger partial charge is 0.440 e. The summed E-state index contributed by atoms with van der Waals surface area (Å²) in [5.74, 6) is 0. The lowest BCUT2D eigenvalue weighted by molar-refractivity contribution is -0.0114. The first kappa shape index (κ1) is 17.2. The Balaban J connectivity index is 1.35. The highest BCUT2D eigenvalue weighted by Gasteiger charge is 2.46. The van der Waals surface area contributed by atoms with Crippen LogP contribution in [0.4, 0.5) is 4.79 Å². The summed E-state index contributed by atoms with van der Waals surface area (Å²) >= 11 is 0. The first-order valence-electron chi connectivity index (χ1n) is 9.66. The molecule has 7 nitrogen and oxygen atoms in total. The molecule has 5 rings (SSSR count). The fourth-order valence-corrected chi connectivity index (χ4v) is 4.40. The predicted octanol–water partition coefficient (Wildman–Crippen LogP) is 2.81. The molecule has 7 heteroatoms. The van der Waals surface area contributed by atoms with E-state index in [0.29, 0.717) is 6.54 Å². The van der Waals surface area contributed by atoms with Gasteiger partial charge in [-0.25, -0.2) is 14.3 Å². The van der Waals surface area contributed by atoms with Gasteiger partial charge in [-0.05, 0) is 24.9 Å². The Morgan fingerprint density at radius 1 is 1.18 bits per heavy atom. The van der Waals surface area contributed by atoms with Gasteiger partial charge in [-0.3, -0.25) is 4.90 Å². The molecule has 0 bridgehead atoms. The number of carbonyl (C=O) groups excluding carboxylic acids is 1. The quantitative estimate of drug-likeness (QED) is 0.702. The molecule has 2 aliphatic rings. The lowest BCUT2D eigenvalue weighted by Gasteiger charge is -2.38. The van der Waals surface area contributed by atoms with Gasteiger partial charge < -0.3 is 9.64 Å². The zero-order chi connectivity index (χ0) is 19.1. The second-order valence-corrected chi connectivity index (χ2v) is 7.88. The van der Waals surface area contributed by atoms with Crippen LogP contribution in [0.15, 0.2) is 48.9 Å². The normalized spacial score (nSPS) is 22.9. The van der Waals surface area contributed by atoms with E-state index in [9.17, 15) is 4.79 Å². The Morgan fingerprint density at radius 2 is 2.04 bits per heavy atom. The van der Waals surface area contributed by atoms with Crippen LogP contribution in [-0.2, 0) is 11.3 Å². The maximum Gasteiger partial charge on any atom is 0.410 e. The molecule has 1 spiro atoms. The summed E-state index contributed by atoms with van der Waals surface area (Å²) in [5.41, 5.74) is 3.74. The number of likely N-dealkylation sites (tertiary alicyclic amines) is 1. The molecule has 0 unspecified atom stereocenters. The molecule has 3 aromatic rings. The lowest BCUT2D eigenvalue weighted by atomic mass is 9.92. The van der Waals surface area contributed by atoms with Gasteiger partial charge in [-0.1, -0.05) is 30.3 Å². The van der Waals surface area contributed by atoms with Crippen LogP contribution in [0, 0.1) is 0 Å². The van der Waals surface area contributed by atoms with Crippen LogP contribution >= 0.6 is 0 Å². The van der Waals surface area contributed by atoms with Crippen LogP contribution in [0.25, 0.3) is 16.8 Å². The molecule has 4 heterocycles. The summed E-state index contributed by atoms with van der Waals surface area (Å²) in [5, 5.41) is 4.50. The highest BCUT2D eigenvalue weighted by molar-refractivity contribution is 5.76. The van der Waals surface area contributed by atoms with E-state index in [1.54, 1.807) is 11.9 Å². The summed E-state index contributed by atoms with van der Waals surface area (Å²) in [6, 6.07) is 10.2. The van der Waals surface area contributed by atoms with Gasteiger partial charge in [-0.15, -0.1) is 0 Å². The van der Waals surface area contributed by atoms with E-state index in [1.165, 1.54) is 0 Å². The lowest BCUT2D eigenvalue weighted by Crippen LogP contribution is -2.50. The van der Waals surface area contributed by atoms with Gasteiger partial charge in [0.1, 0.15) is 5.60 Å². The molecule has 0 saturated carbocycles. The Morgan fingerprint density at radius 3 is 2.82 bits per heavy atom. The van der Waals surface area contributed by atoms with E-state index < -0.39 is 0 Å². The third-order valence-corrected chi connectivity index (χ3v) is 5.66. The molecular weight excluding hydrogens is 354 g/mol. The maximum absolute atomic E-state index is 11.8. The van der Waals surface area contributed by atoms with Gasteiger partial charge in [0.25, 0.3) is 0 Å². The number of hydrogen-bond donors (Lipinski definition) is 0. The fourth-order valence-electron chi connectivity index (χ4n) is 4.40. The zero-order valence-electron chi connectivity index (χ0n) is 15.9. The number of ether oxygens (including phenoxy) is 1. The van der Waals surface area contributed by atoms with Crippen molar-refractivity contribution in [3.05, 3.63) is 54.5 Å². The van der Waals surface area contributed by atoms with Crippen molar-refractivity contribution in [1.29, 1.82) is 0 Å². The molecule has 144 valence electrons. The molecule has 28 heavy (non-hydrogen) atoms. The fraction of sp³-hybridized carbons (Fsp3) is 0.381. The van der Waals surface area contributed by atoms with Gasteiger partial charge in [0.2, 0.25) is 0 Å². The van der Waals surface area contributed by atoms with E-state index in [-0.39, 0.29) is 11.7 Å². The van der Waals surface area contributed by atoms with Gasteiger partial charge in [-0.2, -0.15) is 5.10 Å². The second-order valence-electron chi connectivity index (χ2n) is 7.88. The van der Waals surface area contributed by atoms with Crippen molar-refractivity contribution in [2.45, 2.75) is 25.0 Å². The van der Waals surface area contributed by atoms with Gasteiger partial charge in [0.05, 0.1) is 12.7 Å². The highest BCUT2D eigenvalue weighted by atomic mass is 16.6. The van der Waals surface area contributed by atoms with E-state index in [0.717, 1.165) is 54.8 Å². The van der Waals surface area contributed by atoms with Gasteiger partial charge >= 0.3 is 6.09 Å². The molecule has 0 N–H and O–H groups in total. The number of piperidine rings is 1. The van der Waals surface area contributed by atoms with Crippen LogP contribution in [0.1, 0.15) is 18.4 Å². The molecule has 2 saturated heterocycles. The molecule has 0 radical (unpaired) electrons. The molecular formula is C21H23N5O2. The standard InChI is InChI=1S/C21H23N5O2/c1-24-14-21(28-20(24)27)8-5-9-25(15-21)12-16-10-22-19-18(11-23-26(19)13-16)17-6-3-2-4-7-17/h2-4,6-7,10-11,13H,5,8-9,12,14-15H2,1H3/t21-/m0/s1. The maximum atomic E-state index is 11.8. The summed E-state index contributed by atoms with van der Waals surface area (Å²) < 4.78 is 7.55. The van der Waals surface area contributed by atoms with Crippen molar-refractivity contribution >= 4 is 11.7 Å². The van der Waals surface area contributed by atoms with E-state index in [2.05, 4.69) is 27.1 Å². The van der Waals surface area contributed by atoms with Crippen LogP contribution in [0.3, 0.4) is 0 Å². The first-order valence-corrected chi connectivity index (χ1v) is 9.66. The molecule has 2 aromatic heterocycles. The molecule has 1 amide bonds. The minimum Gasteiger partial charge on any atom is -0.440 e. The topological polar surface area (TPSA) is 63.0 Å². The Labute approximate surface area is 163 Å². The Kier molecular flexibility index (Phi) is 4.05. The highest BCUT2D eigenvalue weighted by Crippen LogP contribution is 2.32. The summed E-state index contributed by atoms with van der Waals surface area (Å²) in [6.45, 7) is 3.19. The van der Waals surface area contributed by atoms with E-state index in [4.69, 9.17) is 4.74 Å². The minimum absolute atomic E-state index is 0.213. The predicted molar refractivity (Wildman–Crippen MR) is 105 cm³/mol. The van der Waals surface area contributed by atoms with Crippen molar-refractivity contribution in [3.63, 3.8) is 0 Å². The molecule has 1 atom stereocenters. The van der Waals surface area contributed by atoms with Crippen LogP contribution in [0.2, 0.25) is 0 Å². The summed E-state index contributed by atoms with van der Waals surface area (Å²) in [7, 11) is 1.80. The van der Waals surface area contributed by atoms with Gasteiger partial charge in [0.15, 0.2) is 5.65 Å². The summed E-state index contributed by atoms with van der Waals surface area (Å²) in [4.78, 5) is 20.5. The van der Waals surface area contributed by atoms with Crippen molar-refractivity contribution in [2.75, 3.05) is 26.7 Å². The van der Waals surface area contributed by atoms with Crippen LogP contribution in [0.5, 0.6) is 0 Å². The molecule has 0 aliphatic carbocycles. The van der Waals surface area contributed by atoms with Crippen LogP contribution < -0.4 is 0 Å². The first-order chi connectivity index (χ1) is 13.6. The number of rotatable bonds is 3. The van der Waals surface area contributed by atoms with Crippen LogP contribution in [-0.4, -0.2) is 62.8 Å². The molecule has 2 aliphatic heterocycles. The number of hydrogen-bond acceptors (Lipinski definition) is 5. The smallest absolute Gasteiger partial charge is 0.410 e. The van der Waals surface area contributed by atoms with E-state index >= 15 is 0 Å². The van der Waals surface area contributed by atoms with Crippen molar-refractivity contribution < 1.29 is 9.53 Å². The molecule has 1 aromatic carbocycles. The number of nitrogens with zero attached hydrogens (tertiary/aromatic N) is 5. The third-order valence-electron chi connectivity index (χ3n) is 5.66. The zero-order valence-corrected chi connectivity index (χ0v) is 15.9. The molecule has 2 fully saturated rings.